The fraction of sp³-hybridized carbons (Fsp3) is 0.900. The van der Waals surface area contributed by atoms with Crippen molar-refractivity contribution in [2.24, 2.45) is 11.1 Å². The van der Waals surface area contributed by atoms with Crippen molar-refractivity contribution in [3.05, 3.63) is 0 Å². The second-order valence-electron chi connectivity index (χ2n) is 3.87. The molecule has 0 bridgehead atoms. The fourth-order valence-electron chi connectivity index (χ4n) is 1.40. The van der Waals surface area contributed by atoms with E-state index in [0.717, 1.165) is 0 Å². The smallest absolute Gasteiger partial charge is 0.315 e. The highest BCUT2D eigenvalue weighted by molar-refractivity contribution is 5.78. The Balaban J connectivity index is 2.32. The molecule has 0 aromatic rings. The van der Waals surface area contributed by atoms with Crippen LogP contribution in [-0.2, 0) is 19.0 Å². The average molecular weight is 217 g/mol. The van der Waals surface area contributed by atoms with Gasteiger partial charge in [0.2, 0.25) is 0 Å². The first-order valence-electron chi connectivity index (χ1n) is 5.19. The summed E-state index contributed by atoms with van der Waals surface area (Å²) in [5.74, 6) is -0.299. The zero-order valence-electron chi connectivity index (χ0n) is 9.32. The van der Waals surface area contributed by atoms with Crippen molar-refractivity contribution < 1.29 is 19.0 Å². The van der Waals surface area contributed by atoms with Crippen LogP contribution in [0.1, 0.15) is 13.8 Å². The van der Waals surface area contributed by atoms with Gasteiger partial charge >= 0.3 is 5.97 Å². The van der Waals surface area contributed by atoms with Gasteiger partial charge in [0.15, 0.2) is 0 Å². The maximum absolute atomic E-state index is 11.7. The first-order valence-corrected chi connectivity index (χ1v) is 5.19. The van der Waals surface area contributed by atoms with E-state index in [9.17, 15) is 4.79 Å². The van der Waals surface area contributed by atoms with Crippen molar-refractivity contribution in [2.45, 2.75) is 19.9 Å². The molecule has 1 fully saturated rings. The van der Waals surface area contributed by atoms with Crippen molar-refractivity contribution in [3.63, 3.8) is 0 Å². The van der Waals surface area contributed by atoms with Gasteiger partial charge < -0.3 is 19.9 Å². The second kappa shape index (κ2) is 5.44. The lowest BCUT2D eigenvalue weighted by molar-refractivity contribution is -0.156. The molecule has 2 N–H and O–H groups in total. The minimum atomic E-state index is -0.702. The molecule has 1 rings (SSSR count). The molecule has 0 aliphatic carbocycles. The Bertz CT molecular complexity index is 221. The van der Waals surface area contributed by atoms with Crippen LogP contribution in [0.4, 0.5) is 0 Å². The van der Waals surface area contributed by atoms with Gasteiger partial charge in [-0.2, -0.15) is 0 Å². The zero-order chi connectivity index (χ0) is 11.3. The van der Waals surface area contributed by atoms with E-state index >= 15 is 0 Å². The number of carbonyl (C=O) groups is 1. The SMILES string of the molecule is CCOCCOC(=O)C1(C)COCC1N. The van der Waals surface area contributed by atoms with E-state index in [2.05, 4.69) is 0 Å². The molecule has 1 aliphatic rings. The molecule has 2 atom stereocenters. The monoisotopic (exact) mass is 217 g/mol. The number of nitrogens with two attached hydrogens (primary N) is 1. The summed E-state index contributed by atoms with van der Waals surface area (Å²) in [4.78, 5) is 11.7. The molecule has 88 valence electrons. The molecule has 0 spiro atoms. The van der Waals surface area contributed by atoms with Gasteiger partial charge in [-0.1, -0.05) is 0 Å². The number of carbonyl (C=O) groups excluding carboxylic acids is 1. The van der Waals surface area contributed by atoms with Crippen LogP contribution in [0, 0.1) is 5.41 Å². The Labute approximate surface area is 89.9 Å². The van der Waals surface area contributed by atoms with Gasteiger partial charge in [0, 0.05) is 12.6 Å². The summed E-state index contributed by atoms with van der Waals surface area (Å²) >= 11 is 0. The summed E-state index contributed by atoms with van der Waals surface area (Å²) in [5, 5.41) is 0. The second-order valence-corrected chi connectivity index (χ2v) is 3.87. The molecule has 1 aliphatic heterocycles. The number of hydrogen-bond acceptors (Lipinski definition) is 5. The molecule has 0 amide bonds. The van der Waals surface area contributed by atoms with Crippen LogP contribution in [0.3, 0.4) is 0 Å². The Morgan fingerprint density at radius 1 is 1.60 bits per heavy atom. The van der Waals surface area contributed by atoms with Crippen LogP contribution in [0.25, 0.3) is 0 Å². The van der Waals surface area contributed by atoms with Crippen molar-refractivity contribution >= 4 is 5.97 Å². The minimum Gasteiger partial charge on any atom is -0.463 e. The lowest BCUT2D eigenvalue weighted by Crippen LogP contribution is -2.45. The zero-order valence-corrected chi connectivity index (χ0v) is 9.32. The molecule has 1 saturated heterocycles. The highest BCUT2D eigenvalue weighted by Crippen LogP contribution is 2.28. The molecule has 0 saturated carbocycles. The van der Waals surface area contributed by atoms with Crippen LogP contribution in [-0.4, -0.2) is 45.0 Å². The first-order chi connectivity index (χ1) is 7.11. The highest BCUT2D eigenvalue weighted by Gasteiger charge is 2.45. The predicted octanol–water partition coefficient (Wildman–Crippen LogP) is -0.0701. The third-order valence-electron chi connectivity index (χ3n) is 2.65. The Kier molecular flexibility index (Phi) is 4.50. The van der Waals surface area contributed by atoms with Crippen LogP contribution >= 0.6 is 0 Å². The van der Waals surface area contributed by atoms with Gasteiger partial charge in [0.05, 0.1) is 19.8 Å². The molecule has 0 radical (unpaired) electrons. The Morgan fingerprint density at radius 2 is 2.33 bits per heavy atom. The highest BCUT2D eigenvalue weighted by atomic mass is 16.6. The normalized spacial score (nSPS) is 30.5. The van der Waals surface area contributed by atoms with Gasteiger partial charge in [0.25, 0.3) is 0 Å². The van der Waals surface area contributed by atoms with Gasteiger partial charge in [0.1, 0.15) is 12.0 Å². The van der Waals surface area contributed by atoms with Gasteiger partial charge in [-0.25, -0.2) is 0 Å². The molecule has 5 heteroatoms. The summed E-state index contributed by atoms with van der Waals surface area (Å²) in [6.07, 6.45) is 0. The lowest BCUT2D eigenvalue weighted by Gasteiger charge is -2.24. The number of esters is 1. The predicted molar refractivity (Wildman–Crippen MR) is 54.4 cm³/mol. The molecular weight excluding hydrogens is 198 g/mol. The van der Waals surface area contributed by atoms with Gasteiger partial charge in [-0.3, -0.25) is 4.79 Å². The fourth-order valence-corrected chi connectivity index (χ4v) is 1.40. The third kappa shape index (κ3) is 2.90. The number of hydrogen-bond donors (Lipinski definition) is 1. The van der Waals surface area contributed by atoms with Gasteiger partial charge in [-0.05, 0) is 13.8 Å². The topological polar surface area (TPSA) is 70.8 Å². The maximum atomic E-state index is 11.7. The lowest BCUT2D eigenvalue weighted by atomic mass is 9.86. The van der Waals surface area contributed by atoms with Crippen molar-refractivity contribution in [2.75, 3.05) is 33.0 Å². The minimum absolute atomic E-state index is 0.273. The molecule has 0 aromatic carbocycles. The summed E-state index contributed by atoms with van der Waals surface area (Å²) in [6, 6.07) is -0.280. The van der Waals surface area contributed by atoms with Crippen LogP contribution in [0.15, 0.2) is 0 Å². The summed E-state index contributed by atoms with van der Waals surface area (Å²) in [7, 11) is 0. The third-order valence-corrected chi connectivity index (χ3v) is 2.65. The molecule has 5 nitrogen and oxygen atoms in total. The standard InChI is InChI=1S/C10H19NO4/c1-3-13-4-5-15-9(12)10(2)7-14-6-8(10)11/h8H,3-7,11H2,1-2H3. The quantitative estimate of drug-likeness (QED) is 0.515. The van der Waals surface area contributed by atoms with Crippen LogP contribution in [0.5, 0.6) is 0 Å². The molecule has 15 heavy (non-hydrogen) atoms. The van der Waals surface area contributed by atoms with E-state index in [1.165, 1.54) is 0 Å². The molecular formula is C10H19NO4. The van der Waals surface area contributed by atoms with Crippen molar-refractivity contribution in [1.29, 1.82) is 0 Å². The molecule has 2 unspecified atom stereocenters. The van der Waals surface area contributed by atoms with E-state index in [0.29, 0.717) is 26.4 Å². The summed E-state index contributed by atoms with van der Waals surface area (Å²) in [5.41, 5.74) is 5.09. The van der Waals surface area contributed by atoms with Crippen molar-refractivity contribution in [3.8, 4) is 0 Å². The van der Waals surface area contributed by atoms with E-state index in [1.807, 2.05) is 6.92 Å². The van der Waals surface area contributed by atoms with E-state index in [1.54, 1.807) is 6.92 Å². The summed E-state index contributed by atoms with van der Waals surface area (Å²) in [6.45, 7) is 5.73. The average Bonchev–Trinajstić information content (AvgIpc) is 2.55. The van der Waals surface area contributed by atoms with Crippen LogP contribution < -0.4 is 5.73 Å². The van der Waals surface area contributed by atoms with Crippen molar-refractivity contribution in [1.82, 2.24) is 0 Å². The maximum Gasteiger partial charge on any atom is 0.315 e. The first kappa shape index (κ1) is 12.4. The van der Waals surface area contributed by atoms with E-state index in [-0.39, 0.29) is 18.6 Å². The van der Waals surface area contributed by atoms with E-state index < -0.39 is 5.41 Å². The largest absolute Gasteiger partial charge is 0.463 e. The van der Waals surface area contributed by atoms with Crippen LogP contribution in [0.2, 0.25) is 0 Å². The Hall–Kier alpha value is -0.650. The number of rotatable bonds is 5. The molecule has 0 aromatic heterocycles. The Morgan fingerprint density at radius 3 is 2.87 bits per heavy atom. The molecule has 1 heterocycles. The van der Waals surface area contributed by atoms with Gasteiger partial charge in [-0.15, -0.1) is 0 Å². The van der Waals surface area contributed by atoms with E-state index in [4.69, 9.17) is 19.9 Å². The summed E-state index contributed by atoms with van der Waals surface area (Å²) < 4.78 is 15.3. The number of ether oxygens (including phenoxy) is 3.